The lowest BCUT2D eigenvalue weighted by atomic mass is 9.89. The number of aromatic nitrogens is 3. The van der Waals surface area contributed by atoms with Gasteiger partial charge in [-0.15, -0.1) is 6.42 Å². The summed E-state index contributed by atoms with van der Waals surface area (Å²) in [6.45, 7) is 8.55. The van der Waals surface area contributed by atoms with E-state index in [0.29, 0.717) is 63.8 Å². The monoisotopic (exact) mass is 618 g/mol. The quantitative estimate of drug-likeness (QED) is 0.249. The number of fused-ring (bicyclic) bond motifs is 7. The van der Waals surface area contributed by atoms with Crippen molar-refractivity contribution in [3.05, 3.63) is 60.1 Å². The summed E-state index contributed by atoms with van der Waals surface area (Å²) in [7, 11) is 0. The summed E-state index contributed by atoms with van der Waals surface area (Å²) < 4.78 is 29.2. The van der Waals surface area contributed by atoms with Crippen molar-refractivity contribution >= 4 is 27.5 Å². The van der Waals surface area contributed by atoms with Gasteiger partial charge in [-0.25, -0.2) is 4.39 Å². The van der Waals surface area contributed by atoms with Gasteiger partial charge in [-0.3, -0.25) is 9.88 Å². The molecule has 5 fully saturated rings. The minimum atomic E-state index is -0.607. The molecule has 2 aromatic carbocycles. The molecule has 0 aliphatic carbocycles. The first-order valence-electron chi connectivity index (χ1n) is 16.1. The zero-order valence-corrected chi connectivity index (χ0v) is 25.5. The predicted molar refractivity (Wildman–Crippen MR) is 173 cm³/mol. The molecule has 4 aromatic rings. The molecule has 234 valence electrons. The van der Waals surface area contributed by atoms with Gasteiger partial charge in [0.1, 0.15) is 29.4 Å². The number of piperazine rings is 1. The Morgan fingerprint density at radius 3 is 2.87 bits per heavy atom. The molecule has 5 atom stereocenters. The number of rotatable bonds is 5. The van der Waals surface area contributed by atoms with Crippen LogP contribution in [0.5, 0.6) is 11.8 Å². The number of nitrogens with zero attached hydrogens (tertiary/aromatic N) is 5. The van der Waals surface area contributed by atoms with Gasteiger partial charge in [0.15, 0.2) is 5.82 Å². The largest absolute Gasteiger partial charge is 0.508 e. The van der Waals surface area contributed by atoms with Gasteiger partial charge in [0, 0.05) is 66.4 Å². The van der Waals surface area contributed by atoms with Gasteiger partial charge in [-0.05, 0) is 49.3 Å². The summed E-state index contributed by atoms with van der Waals surface area (Å²) in [5.41, 5.74) is 2.18. The molecule has 0 saturated carbocycles. The number of hydrogen-bond donors (Lipinski definition) is 2. The van der Waals surface area contributed by atoms with Crippen molar-refractivity contribution in [3.8, 4) is 35.4 Å². The van der Waals surface area contributed by atoms with Gasteiger partial charge < -0.3 is 24.8 Å². The molecule has 0 amide bonds. The molecule has 0 spiro atoms. The van der Waals surface area contributed by atoms with Crippen LogP contribution in [0.2, 0.25) is 0 Å². The minimum Gasteiger partial charge on any atom is -0.508 e. The van der Waals surface area contributed by atoms with Crippen LogP contribution in [0.25, 0.3) is 32.9 Å². The van der Waals surface area contributed by atoms with Crippen molar-refractivity contribution in [2.24, 2.45) is 5.92 Å². The van der Waals surface area contributed by atoms with Gasteiger partial charge in [0.05, 0.1) is 24.1 Å². The van der Waals surface area contributed by atoms with Crippen LogP contribution in [0.15, 0.2) is 48.7 Å². The molecular weight excluding hydrogens is 583 g/mol. The zero-order valence-electron chi connectivity index (χ0n) is 25.5. The van der Waals surface area contributed by atoms with Crippen LogP contribution >= 0.6 is 0 Å². The topological polar surface area (TPSA) is 95.9 Å². The second kappa shape index (κ2) is 10.4. The van der Waals surface area contributed by atoms with E-state index in [2.05, 4.69) is 32.6 Å². The molecular formula is C36H35FN6O3. The Balaban J connectivity index is 1.16. The second-order valence-electron chi connectivity index (χ2n) is 13.7. The predicted octanol–water partition coefficient (Wildman–Crippen LogP) is 4.41. The Morgan fingerprint density at radius 2 is 2.04 bits per heavy atom. The van der Waals surface area contributed by atoms with E-state index in [-0.39, 0.29) is 28.5 Å². The molecule has 46 heavy (non-hydrogen) atoms. The highest BCUT2D eigenvalue weighted by atomic mass is 19.1. The molecule has 7 heterocycles. The molecule has 5 aliphatic heterocycles. The third-order valence-electron chi connectivity index (χ3n) is 10.8. The van der Waals surface area contributed by atoms with E-state index < -0.39 is 5.82 Å². The molecule has 2 bridgehead atoms. The number of pyridine rings is 1. The highest BCUT2D eigenvalue weighted by Gasteiger charge is 2.57. The number of phenols is 1. The standard InChI is InChI=1S/C36H35FN6O3/c1-3-21-5-4-6-22-9-26(44)10-27(30(21)22)32-31(37)33-28(13-38-32)34(42-15-24-7-8-25(16-42)39-24)41-35(40-33)46-19-36-11-20(2)14-43(36)29-18-45-17-23(29)12-36/h1,4-6,9-10,13,23-25,29,39,44H,2,7-8,11-12,14-19H2/t23?,24-,25+,29?,36?. The molecule has 2 N–H and O–H groups in total. The van der Waals surface area contributed by atoms with Crippen molar-refractivity contribution in [1.29, 1.82) is 0 Å². The Morgan fingerprint density at radius 1 is 1.20 bits per heavy atom. The van der Waals surface area contributed by atoms with Crippen molar-refractivity contribution in [3.63, 3.8) is 0 Å². The molecule has 0 radical (unpaired) electrons. The zero-order chi connectivity index (χ0) is 31.2. The Labute approximate surface area is 266 Å². The lowest BCUT2D eigenvalue weighted by molar-refractivity contribution is 0.0582. The van der Waals surface area contributed by atoms with Crippen LogP contribution in [-0.4, -0.2) is 88.1 Å². The number of hydrogen-bond acceptors (Lipinski definition) is 9. The van der Waals surface area contributed by atoms with Crippen LogP contribution < -0.4 is 15.0 Å². The van der Waals surface area contributed by atoms with Crippen molar-refractivity contribution < 1.29 is 19.0 Å². The molecule has 9 nitrogen and oxygen atoms in total. The lowest BCUT2D eigenvalue weighted by Gasteiger charge is -2.35. The second-order valence-corrected chi connectivity index (χ2v) is 13.7. The van der Waals surface area contributed by atoms with Crippen LogP contribution in [-0.2, 0) is 4.74 Å². The van der Waals surface area contributed by atoms with Crippen molar-refractivity contribution in [2.45, 2.75) is 49.3 Å². The van der Waals surface area contributed by atoms with Gasteiger partial charge in [0.2, 0.25) is 0 Å². The molecule has 9 rings (SSSR count). The van der Waals surface area contributed by atoms with E-state index in [9.17, 15) is 5.11 Å². The van der Waals surface area contributed by atoms with Crippen LogP contribution in [0.3, 0.4) is 0 Å². The van der Waals surface area contributed by atoms with Gasteiger partial charge in [-0.1, -0.05) is 30.2 Å². The summed E-state index contributed by atoms with van der Waals surface area (Å²) in [6.07, 6.45) is 11.5. The number of ether oxygens (including phenoxy) is 2. The summed E-state index contributed by atoms with van der Waals surface area (Å²) in [4.78, 5) is 19.0. The molecule has 10 heteroatoms. The average molecular weight is 619 g/mol. The molecule has 2 aromatic heterocycles. The van der Waals surface area contributed by atoms with Gasteiger partial charge in [0.25, 0.3) is 0 Å². The first-order valence-corrected chi connectivity index (χ1v) is 16.1. The van der Waals surface area contributed by atoms with Crippen LogP contribution in [0.1, 0.15) is 31.2 Å². The van der Waals surface area contributed by atoms with E-state index in [0.717, 1.165) is 58.5 Å². The van der Waals surface area contributed by atoms with E-state index in [1.54, 1.807) is 18.3 Å². The Hall–Kier alpha value is -4.30. The third kappa shape index (κ3) is 4.29. The maximum Gasteiger partial charge on any atom is 0.319 e. The summed E-state index contributed by atoms with van der Waals surface area (Å²) >= 11 is 0. The van der Waals surface area contributed by atoms with E-state index in [1.165, 1.54) is 11.6 Å². The number of anilines is 1. The van der Waals surface area contributed by atoms with Gasteiger partial charge >= 0.3 is 6.01 Å². The number of aromatic hydroxyl groups is 1. The summed E-state index contributed by atoms with van der Waals surface area (Å²) in [5.74, 6) is 3.19. The van der Waals surface area contributed by atoms with Crippen molar-refractivity contribution in [1.82, 2.24) is 25.2 Å². The third-order valence-corrected chi connectivity index (χ3v) is 10.8. The maximum absolute atomic E-state index is 16.9. The van der Waals surface area contributed by atoms with Gasteiger partial charge in [-0.2, -0.15) is 9.97 Å². The van der Waals surface area contributed by atoms with E-state index >= 15 is 4.39 Å². The van der Waals surface area contributed by atoms with Crippen LogP contribution in [0.4, 0.5) is 10.2 Å². The molecule has 3 unspecified atom stereocenters. The number of benzene rings is 2. The lowest BCUT2D eigenvalue weighted by Crippen LogP contribution is -2.51. The normalized spacial score (nSPS) is 28.6. The number of phenolic OH excluding ortho intramolecular Hbond substituents is 1. The highest BCUT2D eigenvalue weighted by Crippen LogP contribution is 2.49. The Kier molecular flexibility index (Phi) is 6.30. The summed E-state index contributed by atoms with van der Waals surface area (Å²) in [6, 6.07) is 9.80. The first kappa shape index (κ1) is 28.0. The van der Waals surface area contributed by atoms with E-state index in [4.69, 9.17) is 25.9 Å². The fourth-order valence-electron chi connectivity index (χ4n) is 8.90. The first-order chi connectivity index (χ1) is 22.4. The Bertz CT molecular complexity index is 1970. The average Bonchev–Trinajstić information content (AvgIpc) is 3.79. The molecule has 5 saturated heterocycles. The SMILES string of the molecule is C#Cc1cccc2cc(O)cc(-c3ncc4c(N5C[C@H]6CC[C@@H](C5)N6)nc(OCC56CC(=C)CN5C5COCC5C6)nc4c3F)c12. The summed E-state index contributed by atoms with van der Waals surface area (Å²) in [5, 5.41) is 16.1. The highest BCUT2D eigenvalue weighted by molar-refractivity contribution is 6.02. The molecule has 5 aliphatic rings. The fraction of sp³-hybridized carbons (Fsp3) is 0.417. The minimum absolute atomic E-state index is 0.00430. The number of terminal acetylenes is 1. The number of nitrogens with one attached hydrogen (secondary N) is 1. The maximum atomic E-state index is 16.9. The van der Waals surface area contributed by atoms with E-state index in [1.807, 2.05) is 12.1 Å². The number of halogens is 1. The smallest absolute Gasteiger partial charge is 0.319 e. The fourth-order valence-corrected chi connectivity index (χ4v) is 8.90. The van der Waals surface area contributed by atoms with Crippen LogP contribution in [0, 0.1) is 24.1 Å². The van der Waals surface area contributed by atoms with Crippen molar-refractivity contribution in [2.75, 3.05) is 44.4 Å².